The van der Waals surface area contributed by atoms with E-state index in [0.29, 0.717) is 16.6 Å². The summed E-state index contributed by atoms with van der Waals surface area (Å²) in [5.74, 6) is 0.0592. The molecule has 0 bridgehead atoms. The Morgan fingerprint density at radius 1 is 1.35 bits per heavy atom. The molecule has 0 radical (unpaired) electrons. The number of anilines is 1. The van der Waals surface area contributed by atoms with Gasteiger partial charge in [-0.05, 0) is 19.1 Å². The minimum atomic E-state index is -0.534. The van der Waals surface area contributed by atoms with Crippen LogP contribution < -0.4 is 15.4 Å². The molecule has 26 heavy (non-hydrogen) atoms. The normalized spacial score (nSPS) is 19.4. The van der Waals surface area contributed by atoms with Crippen molar-refractivity contribution in [3.8, 4) is 5.75 Å². The first kappa shape index (κ1) is 20.0. The molecule has 1 aliphatic rings. The van der Waals surface area contributed by atoms with Gasteiger partial charge in [0.1, 0.15) is 11.0 Å². The van der Waals surface area contributed by atoms with E-state index in [1.54, 1.807) is 18.2 Å². The highest BCUT2D eigenvalue weighted by atomic mass is 32.2. The van der Waals surface area contributed by atoms with E-state index < -0.39 is 5.25 Å². The molecule has 1 aliphatic heterocycles. The number of hydrogen-bond donors (Lipinski definition) is 2. The maximum atomic E-state index is 12.3. The monoisotopic (exact) mass is 376 g/mol. The van der Waals surface area contributed by atoms with Crippen molar-refractivity contribution in [2.24, 2.45) is 15.6 Å². The number of para-hydroxylation sites is 2. The van der Waals surface area contributed by atoms with E-state index in [1.807, 2.05) is 33.8 Å². The first-order valence-electron chi connectivity index (χ1n) is 8.24. The highest BCUT2D eigenvalue weighted by Crippen LogP contribution is 2.26. The first-order chi connectivity index (χ1) is 12.2. The molecule has 8 heteroatoms. The van der Waals surface area contributed by atoms with Crippen LogP contribution in [0.25, 0.3) is 0 Å². The van der Waals surface area contributed by atoms with Crippen LogP contribution in [0.2, 0.25) is 0 Å². The van der Waals surface area contributed by atoms with Gasteiger partial charge < -0.3 is 15.4 Å². The lowest BCUT2D eigenvalue weighted by Gasteiger charge is -2.16. The molecule has 1 fully saturated rings. The number of thioether (sulfide) groups is 1. The van der Waals surface area contributed by atoms with Gasteiger partial charge in [-0.25, -0.2) is 0 Å². The van der Waals surface area contributed by atoms with Crippen LogP contribution in [0.3, 0.4) is 0 Å². The van der Waals surface area contributed by atoms with Gasteiger partial charge in [0.2, 0.25) is 11.8 Å². The summed E-state index contributed by atoms with van der Waals surface area (Å²) >= 11 is 1.21. The number of ether oxygens (including phenoxy) is 1. The maximum absolute atomic E-state index is 12.3. The molecule has 140 valence electrons. The Morgan fingerprint density at radius 2 is 2.04 bits per heavy atom. The van der Waals surface area contributed by atoms with Gasteiger partial charge in [0.25, 0.3) is 0 Å². The Labute approximate surface area is 157 Å². The Hall–Kier alpha value is -2.35. The summed E-state index contributed by atoms with van der Waals surface area (Å²) in [6.45, 7) is 8.01. The molecular weight excluding hydrogens is 352 g/mol. The van der Waals surface area contributed by atoms with Crippen molar-refractivity contribution in [3.05, 3.63) is 24.3 Å². The number of carbonyl (C=O) groups is 2. The smallest absolute Gasteiger partial charge is 0.240 e. The SMILES string of the molecule is COc1ccccc1NC(=O)C[C@@H]1SC(=NN=C(C)C(C)(C)C)NC1=O. The number of amides is 2. The van der Waals surface area contributed by atoms with Crippen molar-refractivity contribution in [2.45, 2.75) is 39.4 Å². The lowest BCUT2D eigenvalue weighted by molar-refractivity contribution is -0.122. The van der Waals surface area contributed by atoms with Gasteiger partial charge in [-0.1, -0.05) is 44.7 Å². The number of nitrogens with one attached hydrogen (secondary N) is 2. The third-order valence-electron chi connectivity index (χ3n) is 3.90. The largest absolute Gasteiger partial charge is 0.495 e. The number of amidine groups is 1. The summed E-state index contributed by atoms with van der Waals surface area (Å²) in [6, 6.07) is 7.12. The number of rotatable bonds is 5. The predicted molar refractivity (Wildman–Crippen MR) is 106 cm³/mol. The van der Waals surface area contributed by atoms with Gasteiger partial charge >= 0.3 is 0 Å². The van der Waals surface area contributed by atoms with Gasteiger partial charge in [0.15, 0.2) is 5.17 Å². The van der Waals surface area contributed by atoms with E-state index >= 15 is 0 Å². The molecule has 1 saturated heterocycles. The lowest BCUT2D eigenvalue weighted by atomic mass is 9.91. The van der Waals surface area contributed by atoms with Crippen molar-refractivity contribution in [1.29, 1.82) is 0 Å². The number of benzene rings is 1. The van der Waals surface area contributed by atoms with Crippen LogP contribution in [-0.4, -0.2) is 35.1 Å². The summed E-state index contributed by atoms with van der Waals surface area (Å²) in [5.41, 5.74) is 1.34. The topological polar surface area (TPSA) is 92.2 Å². The Balaban J connectivity index is 1.98. The Morgan fingerprint density at radius 3 is 2.69 bits per heavy atom. The van der Waals surface area contributed by atoms with Gasteiger partial charge in [-0.2, -0.15) is 5.10 Å². The zero-order chi connectivity index (χ0) is 19.3. The molecule has 0 aromatic heterocycles. The summed E-state index contributed by atoms with van der Waals surface area (Å²) in [4.78, 5) is 24.3. The molecule has 0 unspecified atom stereocenters. The number of hydrogen-bond acceptors (Lipinski definition) is 6. The number of nitrogens with zero attached hydrogens (tertiary/aromatic N) is 2. The fourth-order valence-corrected chi connectivity index (χ4v) is 2.89. The molecule has 1 aromatic rings. The van der Waals surface area contributed by atoms with Crippen molar-refractivity contribution in [2.75, 3.05) is 12.4 Å². The van der Waals surface area contributed by atoms with Crippen molar-refractivity contribution < 1.29 is 14.3 Å². The second-order valence-corrected chi connectivity index (χ2v) is 8.08. The maximum Gasteiger partial charge on any atom is 0.240 e. The molecular formula is C18H24N4O3S. The van der Waals surface area contributed by atoms with E-state index in [-0.39, 0.29) is 23.7 Å². The van der Waals surface area contributed by atoms with Crippen molar-refractivity contribution >= 4 is 40.1 Å². The summed E-state index contributed by atoms with van der Waals surface area (Å²) in [7, 11) is 1.54. The first-order valence-corrected chi connectivity index (χ1v) is 9.12. The van der Waals surface area contributed by atoms with Crippen LogP contribution >= 0.6 is 11.8 Å². The number of carbonyl (C=O) groups excluding carboxylic acids is 2. The highest BCUT2D eigenvalue weighted by Gasteiger charge is 2.32. The van der Waals surface area contributed by atoms with Gasteiger partial charge in [-0.3, -0.25) is 9.59 Å². The fraction of sp³-hybridized carbons (Fsp3) is 0.444. The molecule has 0 spiro atoms. The number of methoxy groups -OCH3 is 1. The van der Waals surface area contributed by atoms with Crippen LogP contribution in [0.15, 0.2) is 34.5 Å². The van der Waals surface area contributed by atoms with E-state index in [9.17, 15) is 9.59 Å². The second-order valence-electron chi connectivity index (χ2n) is 6.89. The fourth-order valence-electron chi connectivity index (χ4n) is 1.97. The second kappa shape index (κ2) is 8.35. The standard InChI is InChI=1S/C18H24N4O3S/c1-11(18(2,3)4)21-22-17-20-16(24)14(26-17)10-15(23)19-12-8-6-7-9-13(12)25-5/h6-9,14H,10H2,1-5H3,(H,19,23)(H,20,22,24)/t14-/m0/s1. The van der Waals surface area contributed by atoms with Crippen LogP contribution in [-0.2, 0) is 9.59 Å². The molecule has 2 amide bonds. The van der Waals surface area contributed by atoms with Gasteiger partial charge in [0.05, 0.1) is 12.8 Å². The van der Waals surface area contributed by atoms with Crippen LogP contribution in [0.5, 0.6) is 5.75 Å². The Kier molecular flexibility index (Phi) is 6.42. The van der Waals surface area contributed by atoms with E-state index in [1.165, 1.54) is 18.9 Å². The molecule has 7 nitrogen and oxygen atoms in total. The summed E-state index contributed by atoms with van der Waals surface area (Å²) < 4.78 is 5.20. The Bertz CT molecular complexity index is 753. The molecule has 1 atom stereocenters. The van der Waals surface area contributed by atoms with Crippen LogP contribution in [0, 0.1) is 5.41 Å². The van der Waals surface area contributed by atoms with Crippen LogP contribution in [0.4, 0.5) is 5.69 Å². The minimum Gasteiger partial charge on any atom is -0.495 e. The van der Waals surface area contributed by atoms with Gasteiger partial charge in [0, 0.05) is 17.5 Å². The minimum absolute atomic E-state index is 0.0372. The molecule has 1 heterocycles. The summed E-state index contributed by atoms with van der Waals surface area (Å²) in [5, 5.41) is 13.6. The zero-order valence-electron chi connectivity index (χ0n) is 15.6. The van der Waals surface area contributed by atoms with Crippen LogP contribution in [0.1, 0.15) is 34.1 Å². The lowest BCUT2D eigenvalue weighted by Crippen LogP contribution is -2.28. The van der Waals surface area contributed by atoms with E-state index in [2.05, 4.69) is 20.8 Å². The average molecular weight is 376 g/mol. The van der Waals surface area contributed by atoms with Gasteiger partial charge in [-0.15, -0.1) is 5.10 Å². The highest BCUT2D eigenvalue weighted by molar-refractivity contribution is 8.15. The third kappa shape index (κ3) is 5.32. The average Bonchev–Trinajstić information content (AvgIpc) is 2.91. The van der Waals surface area contributed by atoms with E-state index in [0.717, 1.165) is 5.71 Å². The van der Waals surface area contributed by atoms with Crippen molar-refractivity contribution in [3.63, 3.8) is 0 Å². The molecule has 2 rings (SSSR count). The van der Waals surface area contributed by atoms with Crippen molar-refractivity contribution in [1.82, 2.24) is 5.32 Å². The van der Waals surface area contributed by atoms with E-state index in [4.69, 9.17) is 4.74 Å². The molecule has 2 N–H and O–H groups in total. The molecule has 1 aromatic carbocycles. The summed E-state index contributed by atoms with van der Waals surface area (Å²) in [6.07, 6.45) is 0.0372. The quantitative estimate of drug-likeness (QED) is 0.610. The molecule has 0 saturated carbocycles. The zero-order valence-corrected chi connectivity index (χ0v) is 16.4. The predicted octanol–water partition coefficient (Wildman–Crippen LogP) is 3.03. The third-order valence-corrected chi connectivity index (χ3v) is 4.98. The molecule has 0 aliphatic carbocycles.